The van der Waals surface area contributed by atoms with E-state index >= 15 is 0 Å². The monoisotopic (exact) mass is 241 g/mol. The summed E-state index contributed by atoms with van der Waals surface area (Å²) in [7, 11) is 0. The topological polar surface area (TPSA) is 46.2 Å². The summed E-state index contributed by atoms with van der Waals surface area (Å²) in [4.78, 5) is 22.6. The highest BCUT2D eigenvalue weighted by molar-refractivity contribution is 5.99. The summed E-state index contributed by atoms with van der Waals surface area (Å²) >= 11 is 0. The van der Waals surface area contributed by atoms with Crippen LogP contribution in [0.4, 0.5) is 8.78 Å². The van der Waals surface area contributed by atoms with E-state index in [-0.39, 0.29) is 18.0 Å². The number of benzene rings is 1. The second-order valence-electron chi connectivity index (χ2n) is 3.57. The molecule has 0 saturated heterocycles. The summed E-state index contributed by atoms with van der Waals surface area (Å²) < 4.78 is 26.0. The van der Waals surface area contributed by atoms with E-state index in [2.05, 4.69) is 5.32 Å². The zero-order valence-corrected chi connectivity index (χ0v) is 9.43. The SMILES string of the molecule is CCCC(=O)NCC(=O)c1cc(F)ccc1F. The van der Waals surface area contributed by atoms with Crippen LogP contribution < -0.4 is 5.32 Å². The van der Waals surface area contributed by atoms with E-state index in [9.17, 15) is 18.4 Å². The standard InChI is InChI=1S/C12H13F2NO2/c1-2-3-12(17)15-7-11(16)9-6-8(13)4-5-10(9)14/h4-6H,2-3,7H2,1H3,(H,15,17). The summed E-state index contributed by atoms with van der Waals surface area (Å²) in [5.74, 6) is -2.40. The average molecular weight is 241 g/mol. The Bertz CT molecular complexity index is 433. The van der Waals surface area contributed by atoms with Gasteiger partial charge in [0, 0.05) is 6.42 Å². The van der Waals surface area contributed by atoms with Crippen molar-refractivity contribution < 1.29 is 18.4 Å². The molecule has 1 aromatic rings. The van der Waals surface area contributed by atoms with Gasteiger partial charge >= 0.3 is 0 Å². The highest BCUT2D eigenvalue weighted by Crippen LogP contribution is 2.09. The highest BCUT2D eigenvalue weighted by Gasteiger charge is 2.13. The molecule has 5 heteroatoms. The number of ketones is 1. The summed E-state index contributed by atoms with van der Waals surface area (Å²) in [6.07, 6.45) is 0.966. The lowest BCUT2D eigenvalue weighted by Crippen LogP contribution is -2.29. The fraction of sp³-hybridized carbons (Fsp3) is 0.333. The van der Waals surface area contributed by atoms with Crippen LogP contribution in [0.3, 0.4) is 0 Å². The van der Waals surface area contributed by atoms with Crippen LogP contribution in [0.5, 0.6) is 0 Å². The molecule has 1 rings (SSSR count). The van der Waals surface area contributed by atoms with Gasteiger partial charge in [0.2, 0.25) is 5.91 Å². The Morgan fingerprint density at radius 2 is 2.00 bits per heavy atom. The Morgan fingerprint density at radius 3 is 2.65 bits per heavy atom. The summed E-state index contributed by atoms with van der Waals surface area (Å²) in [5, 5.41) is 2.35. The number of rotatable bonds is 5. The molecule has 3 nitrogen and oxygen atoms in total. The molecule has 0 saturated carbocycles. The molecule has 1 amide bonds. The lowest BCUT2D eigenvalue weighted by Gasteiger charge is -2.04. The molecule has 0 aromatic heterocycles. The van der Waals surface area contributed by atoms with E-state index in [0.717, 1.165) is 18.2 Å². The van der Waals surface area contributed by atoms with Crippen molar-refractivity contribution in [1.29, 1.82) is 0 Å². The number of carbonyl (C=O) groups is 2. The minimum Gasteiger partial charge on any atom is -0.349 e. The molecule has 92 valence electrons. The molecule has 0 unspecified atom stereocenters. The largest absolute Gasteiger partial charge is 0.349 e. The van der Waals surface area contributed by atoms with Gasteiger partial charge in [-0.2, -0.15) is 0 Å². The lowest BCUT2D eigenvalue weighted by molar-refractivity contribution is -0.120. The van der Waals surface area contributed by atoms with Gasteiger partial charge in [0.15, 0.2) is 5.78 Å². The summed E-state index contributed by atoms with van der Waals surface area (Å²) in [6, 6.07) is 2.64. The lowest BCUT2D eigenvalue weighted by atomic mass is 10.1. The van der Waals surface area contributed by atoms with Gasteiger partial charge < -0.3 is 5.32 Å². The fourth-order valence-electron chi connectivity index (χ4n) is 1.30. The van der Waals surface area contributed by atoms with Crippen LogP contribution in [0.1, 0.15) is 30.1 Å². The van der Waals surface area contributed by atoms with E-state index in [1.807, 2.05) is 6.92 Å². The van der Waals surface area contributed by atoms with Crippen LogP contribution in [0.25, 0.3) is 0 Å². The van der Waals surface area contributed by atoms with E-state index in [0.29, 0.717) is 12.8 Å². The second kappa shape index (κ2) is 6.08. The number of amides is 1. The molecule has 0 bridgehead atoms. The fourth-order valence-corrected chi connectivity index (χ4v) is 1.30. The molecule has 1 aromatic carbocycles. The first-order valence-electron chi connectivity index (χ1n) is 5.29. The average Bonchev–Trinajstić information content (AvgIpc) is 2.29. The third kappa shape index (κ3) is 3.94. The molecule has 17 heavy (non-hydrogen) atoms. The van der Waals surface area contributed by atoms with Crippen molar-refractivity contribution in [1.82, 2.24) is 5.32 Å². The maximum atomic E-state index is 13.2. The van der Waals surface area contributed by atoms with Gasteiger partial charge in [-0.25, -0.2) is 8.78 Å². The van der Waals surface area contributed by atoms with Gasteiger partial charge in [0.25, 0.3) is 0 Å². The number of nitrogens with one attached hydrogen (secondary N) is 1. The van der Waals surface area contributed by atoms with Gasteiger partial charge in [-0.15, -0.1) is 0 Å². The number of halogens is 2. The van der Waals surface area contributed by atoms with E-state index in [1.54, 1.807) is 0 Å². The Balaban J connectivity index is 2.64. The Hall–Kier alpha value is -1.78. The molecule has 0 aliphatic rings. The minimum absolute atomic E-state index is 0.280. The second-order valence-corrected chi connectivity index (χ2v) is 3.57. The third-order valence-corrected chi connectivity index (χ3v) is 2.15. The van der Waals surface area contributed by atoms with Gasteiger partial charge in [-0.05, 0) is 24.6 Å². The van der Waals surface area contributed by atoms with Crippen molar-refractivity contribution in [2.75, 3.05) is 6.54 Å². The molecule has 0 fully saturated rings. The normalized spacial score (nSPS) is 10.1. The van der Waals surface area contributed by atoms with Gasteiger partial charge in [0.1, 0.15) is 11.6 Å². The molecule has 0 radical (unpaired) electrons. The molecule has 0 aliphatic carbocycles. The minimum atomic E-state index is -0.791. The van der Waals surface area contributed by atoms with Gasteiger partial charge in [-0.1, -0.05) is 6.92 Å². The van der Waals surface area contributed by atoms with E-state index in [4.69, 9.17) is 0 Å². The van der Waals surface area contributed by atoms with Gasteiger partial charge in [0.05, 0.1) is 12.1 Å². The molecular formula is C12H13F2NO2. The van der Waals surface area contributed by atoms with Crippen LogP contribution in [0, 0.1) is 11.6 Å². The predicted molar refractivity (Wildman–Crippen MR) is 58.6 cm³/mol. The zero-order valence-electron chi connectivity index (χ0n) is 9.43. The van der Waals surface area contributed by atoms with Crippen LogP contribution in [0.2, 0.25) is 0 Å². The maximum Gasteiger partial charge on any atom is 0.220 e. The summed E-state index contributed by atoms with van der Waals surface area (Å²) in [5.41, 5.74) is -0.346. The number of Topliss-reactive ketones (excluding diaryl/α,β-unsaturated/α-hetero) is 1. The number of carbonyl (C=O) groups excluding carboxylic acids is 2. The summed E-state index contributed by atoms with van der Waals surface area (Å²) in [6.45, 7) is 1.51. The first-order chi connectivity index (χ1) is 8.04. The van der Waals surface area contributed by atoms with E-state index < -0.39 is 17.4 Å². The first-order valence-corrected chi connectivity index (χ1v) is 5.29. The molecule has 0 heterocycles. The van der Waals surface area contributed by atoms with Crippen LogP contribution >= 0.6 is 0 Å². The number of hydrogen-bond acceptors (Lipinski definition) is 2. The van der Waals surface area contributed by atoms with E-state index in [1.165, 1.54) is 0 Å². The maximum absolute atomic E-state index is 13.2. The molecule has 0 atom stereocenters. The van der Waals surface area contributed by atoms with Gasteiger partial charge in [-0.3, -0.25) is 9.59 Å². The predicted octanol–water partition coefficient (Wildman–Crippen LogP) is 2.06. The van der Waals surface area contributed by atoms with Crippen molar-refractivity contribution in [3.05, 3.63) is 35.4 Å². The third-order valence-electron chi connectivity index (χ3n) is 2.15. The highest BCUT2D eigenvalue weighted by atomic mass is 19.1. The van der Waals surface area contributed by atoms with Crippen LogP contribution in [0.15, 0.2) is 18.2 Å². The Morgan fingerprint density at radius 1 is 1.29 bits per heavy atom. The molecule has 1 N–H and O–H groups in total. The molecular weight excluding hydrogens is 228 g/mol. The zero-order chi connectivity index (χ0) is 12.8. The van der Waals surface area contributed by atoms with Crippen molar-refractivity contribution in [3.63, 3.8) is 0 Å². The number of hydrogen-bond donors (Lipinski definition) is 1. The van der Waals surface area contributed by atoms with Crippen LogP contribution in [-0.2, 0) is 4.79 Å². The smallest absolute Gasteiger partial charge is 0.220 e. The quantitative estimate of drug-likeness (QED) is 0.802. The van der Waals surface area contributed by atoms with Crippen molar-refractivity contribution in [2.24, 2.45) is 0 Å². The Labute approximate surface area is 97.8 Å². The first kappa shape index (κ1) is 13.3. The molecule has 0 spiro atoms. The van der Waals surface area contributed by atoms with Crippen LogP contribution in [-0.4, -0.2) is 18.2 Å². The van der Waals surface area contributed by atoms with Crippen molar-refractivity contribution in [2.45, 2.75) is 19.8 Å². The van der Waals surface area contributed by atoms with Crippen molar-refractivity contribution >= 4 is 11.7 Å². The Kier molecular flexibility index (Phi) is 4.75. The van der Waals surface area contributed by atoms with Crippen molar-refractivity contribution in [3.8, 4) is 0 Å². The molecule has 0 aliphatic heterocycles.